The van der Waals surface area contributed by atoms with Gasteiger partial charge >= 0.3 is 0 Å². The molecular weight excluding hydrogens is 408 g/mol. The first kappa shape index (κ1) is 17.3. The summed E-state index contributed by atoms with van der Waals surface area (Å²) in [5.74, 6) is 0. The smallest absolute Gasteiger partial charge is 0.124 e. The molecule has 0 bridgehead atoms. The predicted molar refractivity (Wildman–Crippen MR) is 116 cm³/mol. The summed E-state index contributed by atoms with van der Waals surface area (Å²) in [7, 11) is 0. The first-order valence-corrected chi connectivity index (χ1v) is 10.7. The fourth-order valence-corrected chi connectivity index (χ4v) is 4.60. The van der Waals surface area contributed by atoms with Crippen LogP contribution in [0.1, 0.15) is 0 Å². The van der Waals surface area contributed by atoms with Crippen LogP contribution in [0.15, 0.2) is 77.6 Å². The molecule has 0 N–H and O–H groups in total. The lowest BCUT2D eigenvalue weighted by Gasteiger charge is -2.05. The van der Waals surface area contributed by atoms with Crippen molar-refractivity contribution in [3.8, 4) is 38.1 Å². The highest BCUT2D eigenvalue weighted by atomic mass is 35.5. The minimum absolute atomic E-state index is 0.728. The van der Waals surface area contributed by atoms with Crippen LogP contribution in [-0.4, -0.2) is 20.0 Å². The van der Waals surface area contributed by atoms with Crippen molar-refractivity contribution in [1.29, 1.82) is 0 Å². The molecule has 0 saturated carbocycles. The third-order valence-corrected chi connectivity index (χ3v) is 6.36. The van der Waals surface area contributed by atoms with E-state index >= 15 is 0 Å². The van der Waals surface area contributed by atoms with Crippen molar-refractivity contribution in [3.63, 3.8) is 0 Å². The highest BCUT2D eigenvalue weighted by Crippen LogP contribution is 2.31. The SMILES string of the molecule is Clc1ccc(-c2nc(-c3ccc(-n4nncc4-c4cccs4)cc3)cs2)cc1. The number of halogens is 1. The standard InChI is InChI=1S/C21H13ClN4S2/c22-16-7-3-15(4-8-16)21-24-18(13-28-21)14-5-9-17(10-6-14)26-19(12-23-25-26)20-2-1-11-27-20/h1-13H. The zero-order valence-electron chi connectivity index (χ0n) is 14.5. The molecule has 0 saturated heterocycles. The maximum Gasteiger partial charge on any atom is 0.124 e. The summed E-state index contributed by atoms with van der Waals surface area (Å²) in [5, 5.41) is 14.2. The topological polar surface area (TPSA) is 43.6 Å². The second kappa shape index (κ2) is 7.31. The lowest BCUT2D eigenvalue weighted by Crippen LogP contribution is -1.98. The van der Waals surface area contributed by atoms with Crippen LogP contribution in [0, 0.1) is 0 Å². The predicted octanol–water partition coefficient (Wildman–Crippen LogP) is 6.44. The fourth-order valence-electron chi connectivity index (χ4n) is 2.92. The number of hydrogen-bond donors (Lipinski definition) is 0. The molecule has 7 heteroatoms. The van der Waals surface area contributed by atoms with Gasteiger partial charge in [-0.05, 0) is 35.7 Å². The Morgan fingerprint density at radius 1 is 0.857 bits per heavy atom. The van der Waals surface area contributed by atoms with E-state index in [4.69, 9.17) is 16.6 Å². The molecule has 0 aliphatic carbocycles. The van der Waals surface area contributed by atoms with E-state index in [0.29, 0.717) is 0 Å². The van der Waals surface area contributed by atoms with E-state index < -0.39 is 0 Å². The summed E-state index contributed by atoms with van der Waals surface area (Å²) in [6, 6.07) is 20.1. The van der Waals surface area contributed by atoms with Gasteiger partial charge in [-0.1, -0.05) is 47.1 Å². The molecule has 0 fully saturated rings. The average molecular weight is 421 g/mol. The maximum absolute atomic E-state index is 5.97. The Balaban J connectivity index is 1.44. The minimum Gasteiger partial charge on any atom is -0.236 e. The lowest BCUT2D eigenvalue weighted by molar-refractivity contribution is 0.809. The molecule has 4 nitrogen and oxygen atoms in total. The van der Waals surface area contributed by atoms with Gasteiger partial charge in [0.25, 0.3) is 0 Å². The summed E-state index contributed by atoms with van der Waals surface area (Å²) >= 11 is 9.27. The van der Waals surface area contributed by atoms with Gasteiger partial charge < -0.3 is 0 Å². The van der Waals surface area contributed by atoms with E-state index in [2.05, 4.69) is 39.3 Å². The first-order chi connectivity index (χ1) is 13.8. The Labute approximate surface area is 174 Å². The van der Waals surface area contributed by atoms with E-state index in [1.54, 1.807) is 28.9 Å². The molecule has 0 radical (unpaired) electrons. The Morgan fingerprint density at radius 3 is 2.39 bits per heavy atom. The van der Waals surface area contributed by atoms with Crippen molar-refractivity contribution in [2.24, 2.45) is 0 Å². The van der Waals surface area contributed by atoms with Crippen LogP contribution in [-0.2, 0) is 0 Å². The summed E-state index contributed by atoms with van der Waals surface area (Å²) in [6.45, 7) is 0. The Kier molecular flexibility index (Phi) is 4.52. The van der Waals surface area contributed by atoms with Gasteiger partial charge in [-0.15, -0.1) is 27.8 Å². The fraction of sp³-hybridized carbons (Fsp3) is 0. The van der Waals surface area contributed by atoms with Gasteiger partial charge in [-0.3, -0.25) is 0 Å². The van der Waals surface area contributed by atoms with Crippen molar-refractivity contribution in [2.75, 3.05) is 0 Å². The number of nitrogens with zero attached hydrogens (tertiary/aromatic N) is 4. The van der Waals surface area contributed by atoms with Crippen molar-refractivity contribution in [1.82, 2.24) is 20.0 Å². The molecule has 0 amide bonds. The van der Waals surface area contributed by atoms with Crippen LogP contribution in [0.25, 0.3) is 38.1 Å². The van der Waals surface area contributed by atoms with E-state index in [1.807, 2.05) is 47.1 Å². The molecule has 5 aromatic rings. The molecule has 2 aromatic carbocycles. The normalized spacial score (nSPS) is 11.0. The second-order valence-electron chi connectivity index (χ2n) is 6.10. The van der Waals surface area contributed by atoms with Crippen molar-refractivity contribution in [3.05, 3.63) is 82.6 Å². The summed E-state index contributed by atoms with van der Waals surface area (Å²) in [5.41, 5.74) is 5.05. The molecule has 0 unspecified atom stereocenters. The number of hydrogen-bond acceptors (Lipinski definition) is 5. The summed E-state index contributed by atoms with van der Waals surface area (Å²) < 4.78 is 1.86. The van der Waals surface area contributed by atoms with Gasteiger partial charge in [-0.25, -0.2) is 9.67 Å². The van der Waals surface area contributed by atoms with Crippen LogP contribution in [0.2, 0.25) is 5.02 Å². The van der Waals surface area contributed by atoms with Crippen LogP contribution in [0.5, 0.6) is 0 Å². The summed E-state index contributed by atoms with van der Waals surface area (Å²) in [6.07, 6.45) is 1.79. The van der Waals surface area contributed by atoms with E-state index in [1.165, 1.54) is 0 Å². The Hall–Kier alpha value is -2.80. The molecule has 136 valence electrons. The average Bonchev–Trinajstić information content (AvgIpc) is 3.49. The lowest BCUT2D eigenvalue weighted by atomic mass is 10.1. The number of benzene rings is 2. The van der Waals surface area contributed by atoms with Crippen molar-refractivity contribution < 1.29 is 0 Å². The third kappa shape index (κ3) is 3.26. The van der Waals surface area contributed by atoms with Crippen LogP contribution in [0.3, 0.4) is 0 Å². The molecule has 0 aliphatic heterocycles. The Morgan fingerprint density at radius 2 is 1.64 bits per heavy atom. The van der Waals surface area contributed by atoms with Crippen LogP contribution >= 0.6 is 34.3 Å². The Bertz CT molecular complexity index is 1210. The number of aromatic nitrogens is 4. The quantitative estimate of drug-likeness (QED) is 0.336. The molecule has 0 atom stereocenters. The van der Waals surface area contributed by atoms with Gasteiger partial charge in [0.1, 0.15) is 10.7 Å². The third-order valence-electron chi connectivity index (χ3n) is 4.33. The number of rotatable bonds is 4. The molecule has 5 rings (SSSR count). The van der Waals surface area contributed by atoms with E-state index in [0.717, 1.165) is 43.1 Å². The second-order valence-corrected chi connectivity index (χ2v) is 8.34. The summed E-state index contributed by atoms with van der Waals surface area (Å²) in [4.78, 5) is 5.91. The van der Waals surface area contributed by atoms with Gasteiger partial charge in [-0.2, -0.15) is 0 Å². The monoisotopic (exact) mass is 420 g/mol. The maximum atomic E-state index is 5.97. The zero-order chi connectivity index (χ0) is 18.9. The van der Waals surface area contributed by atoms with Gasteiger partial charge in [0.2, 0.25) is 0 Å². The van der Waals surface area contributed by atoms with E-state index in [9.17, 15) is 0 Å². The molecule has 0 aliphatic rings. The molecular formula is C21H13ClN4S2. The molecule has 3 heterocycles. The van der Waals surface area contributed by atoms with Gasteiger partial charge in [0.15, 0.2) is 0 Å². The molecule has 0 spiro atoms. The number of thiophene rings is 1. The van der Waals surface area contributed by atoms with Gasteiger partial charge in [0, 0.05) is 21.5 Å². The van der Waals surface area contributed by atoms with Crippen LogP contribution in [0.4, 0.5) is 0 Å². The molecule has 28 heavy (non-hydrogen) atoms. The highest BCUT2D eigenvalue weighted by Gasteiger charge is 2.11. The number of thiazole rings is 1. The highest BCUT2D eigenvalue weighted by molar-refractivity contribution is 7.13. The zero-order valence-corrected chi connectivity index (χ0v) is 16.9. The van der Waals surface area contributed by atoms with E-state index in [-0.39, 0.29) is 0 Å². The minimum atomic E-state index is 0.728. The van der Waals surface area contributed by atoms with Crippen molar-refractivity contribution in [2.45, 2.75) is 0 Å². The van der Waals surface area contributed by atoms with Crippen molar-refractivity contribution >= 4 is 34.3 Å². The first-order valence-electron chi connectivity index (χ1n) is 8.55. The molecule has 3 aromatic heterocycles. The largest absolute Gasteiger partial charge is 0.236 e. The van der Waals surface area contributed by atoms with Crippen LogP contribution < -0.4 is 0 Å². The van der Waals surface area contributed by atoms with Gasteiger partial charge in [0.05, 0.1) is 22.5 Å².